The summed E-state index contributed by atoms with van der Waals surface area (Å²) in [6.07, 6.45) is 5.34. The van der Waals surface area contributed by atoms with E-state index in [4.69, 9.17) is 4.74 Å². The summed E-state index contributed by atoms with van der Waals surface area (Å²) in [6, 6.07) is 0.0592. The molecule has 1 amide bonds. The number of rotatable bonds is 7. The zero-order valence-electron chi connectivity index (χ0n) is 9.55. The Morgan fingerprint density at radius 3 is 3.00 bits per heavy atom. The summed E-state index contributed by atoms with van der Waals surface area (Å²) in [6.45, 7) is 2.59. The first-order valence-corrected chi connectivity index (χ1v) is 5.84. The highest BCUT2D eigenvalue weighted by atomic mass is 16.5. The van der Waals surface area contributed by atoms with E-state index in [1.165, 1.54) is 0 Å². The minimum absolute atomic E-state index is 0.0592. The monoisotopic (exact) mass is 214 g/mol. The van der Waals surface area contributed by atoms with Crippen molar-refractivity contribution in [2.75, 3.05) is 26.8 Å². The molecule has 0 radical (unpaired) electrons. The van der Waals surface area contributed by atoms with E-state index in [1.807, 2.05) is 0 Å². The summed E-state index contributed by atoms with van der Waals surface area (Å²) in [4.78, 5) is 11.5. The van der Waals surface area contributed by atoms with Crippen LogP contribution in [-0.4, -0.2) is 38.8 Å². The lowest BCUT2D eigenvalue weighted by molar-refractivity contribution is -0.122. The number of methoxy groups -OCH3 is 1. The summed E-state index contributed by atoms with van der Waals surface area (Å²) in [5.74, 6) is 0.166. The highest BCUT2D eigenvalue weighted by Gasteiger charge is 2.20. The number of amides is 1. The maximum atomic E-state index is 11.5. The fraction of sp³-hybridized carbons (Fsp3) is 0.909. The minimum atomic E-state index is 0.0592. The van der Waals surface area contributed by atoms with Crippen molar-refractivity contribution in [3.8, 4) is 0 Å². The average Bonchev–Trinajstić information content (AvgIpc) is 2.76. The maximum Gasteiger partial charge on any atom is 0.237 e. The van der Waals surface area contributed by atoms with Crippen molar-refractivity contribution in [3.05, 3.63) is 0 Å². The van der Waals surface area contributed by atoms with Gasteiger partial charge in [0.25, 0.3) is 0 Å². The highest BCUT2D eigenvalue weighted by Crippen LogP contribution is 2.04. The van der Waals surface area contributed by atoms with Gasteiger partial charge < -0.3 is 15.4 Å². The second kappa shape index (κ2) is 7.65. The van der Waals surface area contributed by atoms with E-state index in [-0.39, 0.29) is 11.9 Å². The van der Waals surface area contributed by atoms with Gasteiger partial charge in [-0.15, -0.1) is 0 Å². The first-order valence-electron chi connectivity index (χ1n) is 5.84. The fourth-order valence-electron chi connectivity index (χ4n) is 1.79. The number of hydrogen-bond acceptors (Lipinski definition) is 3. The third kappa shape index (κ3) is 5.14. The van der Waals surface area contributed by atoms with Crippen LogP contribution in [0.5, 0.6) is 0 Å². The van der Waals surface area contributed by atoms with Crippen molar-refractivity contribution in [2.45, 2.75) is 38.1 Å². The Kier molecular flexibility index (Phi) is 6.36. The number of carbonyl (C=O) groups excluding carboxylic acids is 1. The summed E-state index contributed by atoms with van der Waals surface area (Å²) in [5.41, 5.74) is 0. The second-order valence-electron chi connectivity index (χ2n) is 3.99. The van der Waals surface area contributed by atoms with Crippen molar-refractivity contribution in [3.63, 3.8) is 0 Å². The Labute approximate surface area is 91.8 Å². The second-order valence-corrected chi connectivity index (χ2v) is 3.99. The van der Waals surface area contributed by atoms with Crippen LogP contribution in [0.2, 0.25) is 0 Å². The predicted molar refractivity (Wildman–Crippen MR) is 59.8 cm³/mol. The van der Waals surface area contributed by atoms with Crippen molar-refractivity contribution < 1.29 is 9.53 Å². The van der Waals surface area contributed by atoms with Gasteiger partial charge in [0.05, 0.1) is 6.04 Å². The molecule has 0 aromatic heterocycles. The lowest BCUT2D eigenvalue weighted by atomic mass is 10.2. The van der Waals surface area contributed by atoms with Crippen molar-refractivity contribution in [1.29, 1.82) is 0 Å². The number of carbonyl (C=O) groups is 1. The van der Waals surface area contributed by atoms with E-state index < -0.39 is 0 Å². The number of hydrogen-bond donors (Lipinski definition) is 2. The van der Waals surface area contributed by atoms with Crippen LogP contribution in [0, 0.1) is 0 Å². The molecule has 1 rings (SSSR count). The van der Waals surface area contributed by atoms with E-state index >= 15 is 0 Å². The average molecular weight is 214 g/mol. The normalized spacial score (nSPS) is 20.5. The van der Waals surface area contributed by atoms with E-state index in [0.29, 0.717) is 0 Å². The van der Waals surface area contributed by atoms with Crippen molar-refractivity contribution in [1.82, 2.24) is 10.6 Å². The van der Waals surface area contributed by atoms with Gasteiger partial charge in [0.1, 0.15) is 0 Å². The van der Waals surface area contributed by atoms with Crippen LogP contribution in [0.25, 0.3) is 0 Å². The predicted octanol–water partition coefficient (Wildman–Crippen LogP) is 0.671. The van der Waals surface area contributed by atoms with Gasteiger partial charge in [-0.2, -0.15) is 0 Å². The van der Waals surface area contributed by atoms with Gasteiger partial charge >= 0.3 is 0 Å². The van der Waals surface area contributed by atoms with Crippen LogP contribution in [0.3, 0.4) is 0 Å². The fourth-order valence-corrected chi connectivity index (χ4v) is 1.79. The molecule has 0 aromatic rings. The molecule has 1 fully saturated rings. The lowest BCUT2D eigenvalue weighted by Crippen LogP contribution is -2.40. The standard InChI is InChI=1S/C11H22N2O2/c1-15-9-4-2-3-7-13-11(14)10-6-5-8-12-10/h10,12H,2-9H2,1H3,(H,13,14)/t10-/m0/s1. The smallest absolute Gasteiger partial charge is 0.237 e. The quantitative estimate of drug-likeness (QED) is 0.612. The molecule has 88 valence electrons. The Balaban J connectivity index is 1.92. The molecule has 4 heteroatoms. The van der Waals surface area contributed by atoms with Gasteiger partial charge in [0, 0.05) is 20.3 Å². The number of ether oxygens (including phenoxy) is 1. The van der Waals surface area contributed by atoms with Gasteiger partial charge in [-0.3, -0.25) is 4.79 Å². The largest absolute Gasteiger partial charge is 0.385 e. The molecule has 1 heterocycles. The molecule has 0 aliphatic carbocycles. The summed E-state index contributed by atoms with van der Waals surface area (Å²) in [5, 5.41) is 6.14. The van der Waals surface area contributed by atoms with Crippen molar-refractivity contribution in [2.24, 2.45) is 0 Å². The van der Waals surface area contributed by atoms with E-state index in [1.54, 1.807) is 7.11 Å². The molecule has 4 nitrogen and oxygen atoms in total. The van der Waals surface area contributed by atoms with Crippen LogP contribution in [0.1, 0.15) is 32.1 Å². The molecular formula is C11H22N2O2. The van der Waals surface area contributed by atoms with Crippen LogP contribution in [0.15, 0.2) is 0 Å². The Hall–Kier alpha value is -0.610. The molecule has 0 bridgehead atoms. The molecule has 1 saturated heterocycles. The van der Waals surface area contributed by atoms with Gasteiger partial charge in [-0.25, -0.2) is 0 Å². The van der Waals surface area contributed by atoms with E-state index in [2.05, 4.69) is 10.6 Å². The zero-order valence-corrected chi connectivity index (χ0v) is 9.55. The highest BCUT2D eigenvalue weighted by molar-refractivity contribution is 5.81. The zero-order chi connectivity index (χ0) is 10.9. The van der Waals surface area contributed by atoms with Gasteiger partial charge in [-0.05, 0) is 38.6 Å². The summed E-state index contributed by atoms with van der Waals surface area (Å²) in [7, 11) is 1.72. The third-order valence-corrected chi connectivity index (χ3v) is 2.70. The van der Waals surface area contributed by atoms with Crippen molar-refractivity contribution >= 4 is 5.91 Å². The molecule has 0 spiro atoms. The van der Waals surface area contributed by atoms with Crippen LogP contribution in [-0.2, 0) is 9.53 Å². The SMILES string of the molecule is COCCCCCNC(=O)[C@@H]1CCCN1. The maximum absolute atomic E-state index is 11.5. The third-order valence-electron chi connectivity index (χ3n) is 2.70. The Morgan fingerprint density at radius 2 is 2.33 bits per heavy atom. The topological polar surface area (TPSA) is 50.4 Å². The first kappa shape index (κ1) is 12.5. The van der Waals surface area contributed by atoms with Crippen LogP contribution < -0.4 is 10.6 Å². The van der Waals surface area contributed by atoms with E-state index in [9.17, 15) is 4.79 Å². The molecule has 2 N–H and O–H groups in total. The summed E-state index contributed by atoms with van der Waals surface area (Å²) >= 11 is 0. The van der Waals surface area contributed by atoms with Gasteiger partial charge in [0.15, 0.2) is 0 Å². The summed E-state index contributed by atoms with van der Waals surface area (Å²) < 4.78 is 4.95. The lowest BCUT2D eigenvalue weighted by Gasteiger charge is -2.10. The molecule has 1 aliphatic rings. The molecule has 1 atom stereocenters. The molecule has 0 saturated carbocycles. The molecule has 0 unspecified atom stereocenters. The molecule has 1 aliphatic heterocycles. The molecule has 15 heavy (non-hydrogen) atoms. The van der Waals surface area contributed by atoms with Gasteiger partial charge in [0.2, 0.25) is 5.91 Å². The minimum Gasteiger partial charge on any atom is -0.385 e. The molecular weight excluding hydrogens is 192 g/mol. The van der Waals surface area contributed by atoms with Crippen LogP contribution >= 0.6 is 0 Å². The number of unbranched alkanes of at least 4 members (excludes halogenated alkanes) is 2. The van der Waals surface area contributed by atoms with Gasteiger partial charge in [-0.1, -0.05) is 0 Å². The Morgan fingerprint density at radius 1 is 1.47 bits per heavy atom. The first-order chi connectivity index (χ1) is 7.34. The molecule has 0 aromatic carbocycles. The van der Waals surface area contributed by atoms with Crippen LogP contribution in [0.4, 0.5) is 0 Å². The number of nitrogens with one attached hydrogen (secondary N) is 2. The van der Waals surface area contributed by atoms with E-state index in [0.717, 1.165) is 51.8 Å². The Bertz CT molecular complexity index is 179.